The zero-order valence-electron chi connectivity index (χ0n) is 19.0. The lowest BCUT2D eigenvalue weighted by Gasteiger charge is -2.43. The van der Waals surface area contributed by atoms with Crippen LogP contribution in [-0.4, -0.2) is 55.5 Å². The van der Waals surface area contributed by atoms with Crippen molar-refractivity contribution in [3.05, 3.63) is 62.3 Å². The minimum Gasteiger partial charge on any atom is -0.450 e. The van der Waals surface area contributed by atoms with Gasteiger partial charge in [0.05, 0.1) is 11.5 Å². The van der Waals surface area contributed by atoms with Crippen molar-refractivity contribution in [1.82, 2.24) is 18.9 Å². The highest BCUT2D eigenvalue weighted by molar-refractivity contribution is 6.23. The molecule has 2 aliphatic heterocycles. The number of hydrogen-bond donors (Lipinski definition) is 0. The van der Waals surface area contributed by atoms with Crippen LogP contribution in [0.4, 0.5) is 4.79 Å². The van der Waals surface area contributed by atoms with Crippen LogP contribution in [0.2, 0.25) is 0 Å². The smallest absolute Gasteiger partial charge is 0.333 e. The third-order valence-corrected chi connectivity index (χ3v) is 6.35. The third-order valence-electron chi connectivity index (χ3n) is 6.35. The Balaban J connectivity index is 2.13. The molecule has 0 N–H and O–H groups in total. The van der Waals surface area contributed by atoms with Gasteiger partial charge in [0.2, 0.25) is 5.88 Å². The first kappa shape index (κ1) is 22.5. The van der Waals surface area contributed by atoms with Crippen LogP contribution in [0.15, 0.2) is 39.9 Å². The van der Waals surface area contributed by atoms with Crippen molar-refractivity contribution in [2.75, 3.05) is 13.1 Å². The maximum atomic E-state index is 13.8. The van der Waals surface area contributed by atoms with E-state index in [1.54, 1.807) is 58.0 Å². The number of amides is 4. The first-order valence-electron chi connectivity index (χ1n) is 11.1. The molecule has 10 nitrogen and oxygen atoms in total. The molecule has 2 aliphatic rings. The molecule has 1 fully saturated rings. The average molecular weight is 454 g/mol. The lowest BCUT2D eigenvalue weighted by atomic mass is 9.76. The van der Waals surface area contributed by atoms with Gasteiger partial charge in [0.25, 0.3) is 23.0 Å². The molecule has 1 saturated heterocycles. The van der Waals surface area contributed by atoms with Gasteiger partial charge in [-0.25, -0.2) is 9.59 Å². The van der Waals surface area contributed by atoms with Gasteiger partial charge in [-0.15, -0.1) is 0 Å². The van der Waals surface area contributed by atoms with Crippen molar-refractivity contribution in [2.45, 2.75) is 52.3 Å². The molecular weight excluding hydrogens is 428 g/mol. The minimum absolute atomic E-state index is 0.0180. The summed E-state index contributed by atoms with van der Waals surface area (Å²) >= 11 is 0. The second kappa shape index (κ2) is 8.02. The summed E-state index contributed by atoms with van der Waals surface area (Å²) in [5.74, 6) is -2.91. The topological polar surface area (TPSA) is 111 Å². The number of imide groups is 2. The van der Waals surface area contributed by atoms with Gasteiger partial charge in [0.15, 0.2) is 0 Å². The van der Waals surface area contributed by atoms with Crippen LogP contribution in [0, 0.1) is 0 Å². The summed E-state index contributed by atoms with van der Waals surface area (Å²) in [6.07, 6.45) is 0. The van der Waals surface area contributed by atoms with Crippen molar-refractivity contribution in [2.24, 2.45) is 0 Å². The van der Waals surface area contributed by atoms with E-state index in [-0.39, 0.29) is 37.6 Å². The Labute approximate surface area is 190 Å². The fraction of sp³-hybridized carbons (Fsp3) is 0.435. The Morgan fingerprint density at radius 1 is 0.788 bits per heavy atom. The zero-order valence-corrected chi connectivity index (χ0v) is 19.0. The molecule has 0 aliphatic carbocycles. The van der Waals surface area contributed by atoms with E-state index in [0.29, 0.717) is 5.56 Å². The Morgan fingerprint density at radius 2 is 1.33 bits per heavy atom. The van der Waals surface area contributed by atoms with E-state index >= 15 is 0 Å². The van der Waals surface area contributed by atoms with E-state index < -0.39 is 40.6 Å². The number of nitrogens with zero attached hydrogens (tertiary/aromatic N) is 4. The van der Waals surface area contributed by atoms with Crippen LogP contribution in [0.1, 0.15) is 44.7 Å². The summed E-state index contributed by atoms with van der Waals surface area (Å²) in [6.45, 7) is 6.94. The number of carbonyl (C=O) groups is 3. The number of ether oxygens (including phenoxy) is 1. The normalized spacial score (nSPS) is 19.3. The summed E-state index contributed by atoms with van der Waals surface area (Å²) in [7, 11) is 0. The minimum atomic E-state index is -2.21. The predicted molar refractivity (Wildman–Crippen MR) is 118 cm³/mol. The number of hydrogen-bond acceptors (Lipinski definition) is 6. The van der Waals surface area contributed by atoms with Crippen LogP contribution < -0.4 is 16.0 Å². The van der Waals surface area contributed by atoms with Gasteiger partial charge in [-0.1, -0.05) is 30.3 Å². The Morgan fingerprint density at radius 3 is 1.82 bits per heavy atom. The first-order chi connectivity index (χ1) is 15.8. The molecule has 33 heavy (non-hydrogen) atoms. The number of aromatic nitrogens is 2. The monoisotopic (exact) mass is 454 g/mol. The highest BCUT2D eigenvalue weighted by Crippen LogP contribution is 2.49. The fourth-order valence-corrected chi connectivity index (χ4v) is 4.78. The van der Waals surface area contributed by atoms with Crippen LogP contribution >= 0.6 is 0 Å². The molecule has 1 spiro atoms. The van der Waals surface area contributed by atoms with Crippen LogP contribution in [0.5, 0.6) is 5.88 Å². The summed E-state index contributed by atoms with van der Waals surface area (Å²) in [5.41, 5.74) is -2.84. The quantitative estimate of drug-likeness (QED) is 0.627. The molecular formula is C23H26N4O6. The molecule has 2 aromatic rings. The third kappa shape index (κ3) is 2.82. The lowest BCUT2D eigenvalue weighted by Crippen LogP contribution is -2.71. The maximum absolute atomic E-state index is 13.8. The van der Waals surface area contributed by atoms with Crippen LogP contribution in [0.3, 0.4) is 0 Å². The molecule has 1 aromatic heterocycles. The van der Waals surface area contributed by atoms with Gasteiger partial charge in [0, 0.05) is 26.2 Å². The van der Waals surface area contributed by atoms with E-state index in [0.717, 1.165) is 14.4 Å². The molecule has 0 saturated carbocycles. The number of benzene rings is 1. The van der Waals surface area contributed by atoms with Crippen molar-refractivity contribution in [3.8, 4) is 5.88 Å². The largest absolute Gasteiger partial charge is 0.450 e. The standard InChI is InChI=1S/C23H26N4O6/c1-5-24-17(28)15-16(14-12-10-9-11-13-14)23(33-18(15)25(6-2)21(24)31)19(29)26(7-3)22(32)27(8-4)20(23)30/h9-13,16H,5-8H2,1-4H3. The maximum Gasteiger partial charge on any atom is 0.333 e. The SMILES string of the molecule is CCN1C(=O)N(CC)C(=O)C2(Oc3c(c(=O)n(CC)c(=O)n3CC)C2c2ccccc2)C1=O. The van der Waals surface area contributed by atoms with Crippen molar-refractivity contribution in [1.29, 1.82) is 0 Å². The molecule has 3 heterocycles. The van der Waals surface area contributed by atoms with Gasteiger partial charge in [-0.2, -0.15) is 0 Å². The second-order valence-electron chi connectivity index (χ2n) is 7.86. The highest BCUT2D eigenvalue weighted by atomic mass is 16.5. The van der Waals surface area contributed by atoms with Crippen LogP contribution in [0.25, 0.3) is 0 Å². The fourth-order valence-electron chi connectivity index (χ4n) is 4.78. The molecule has 4 amide bonds. The summed E-state index contributed by atoms with van der Waals surface area (Å²) in [5, 5.41) is 0. The molecule has 4 rings (SSSR count). The average Bonchev–Trinajstić information content (AvgIpc) is 3.17. The number of rotatable bonds is 5. The van der Waals surface area contributed by atoms with Gasteiger partial charge in [0.1, 0.15) is 0 Å². The van der Waals surface area contributed by atoms with E-state index in [9.17, 15) is 24.0 Å². The summed E-state index contributed by atoms with van der Waals surface area (Å²) < 4.78 is 8.46. The molecule has 10 heteroatoms. The number of urea groups is 1. The molecule has 0 radical (unpaired) electrons. The Bertz CT molecular complexity index is 1240. The number of carbonyl (C=O) groups excluding carboxylic acids is 3. The van der Waals surface area contributed by atoms with E-state index in [1.165, 1.54) is 4.57 Å². The predicted octanol–water partition coefficient (Wildman–Crippen LogP) is 1.14. The van der Waals surface area contributed by atoms with Gasteiger partial charge >= 0.3 is 11.7 Å². The van der Waals surface area contributed by atoms with Gasteiger partial charge < -0.3 is 4.74 Å². The Kier molecular flexibility index (Phi) is 5.47. The van der Waals surface area contributed by atoms with Gasteiger partial charge in [-0.3, -0.25) is 33.3 Å². The van der Waals surface area contributed by atoms with Crippen molar-refractivity contribution >= 4 is 17.8 Å². The van der Waals surface area contributed by atoms with E-state index in [1.807, 2.05) is 0 Å². The summed E-state index contributed by atoms with van der Waals surface area (Å²) in [4.78, 5) is 68.9. The first-order valence-corrected chi connectivity index (χ1v) is 11.1. The van der Waals surface area contributed by atoms with E-state index in [2.05, 4.69) is 0 Å². The Hall–Kier alpha value is -3.69. The van der Waals surface area contributed by atoms with Crippen molar-refractivity contribution in [3.63, 3.8) is 0 Å². The van der Waals surface area contributed by atoms with Gasteiger partial charge in [-0.05, 0) is 33.3 Å². The van der Waals surface area contributed by atoms with Crippen LogP contribution in [-0.2, 0) is 22.7 Å². The molecule has 1 atom stereocenters. The molecule has 1 aromatic carbocycles. The second-order valence-corrected chi connectivity index (χ2v) is 7.86. The molecule has 174 valence electrons. The summed E-state index contributed by atoms with van der Waals surface area (Å²) in [6, 6.07) is 7.90. The lowest BCUT2D eigenvalue weighted by molar-refractivity contribution is -0.165. The molecule has 1 unspecified atom stereocenters. The zero-order chi connectivity index (χ0) is 24.1. The number of fused-ring (bicyclic) bond motifs is 1. The number of barbiturate groups is 1. The number of likely N-dealkylation sites (N-methyl/N-ethyl adjacent to an activating group) is 2. The van der Waals surface area contributed by atoms with Crippen molar-refractivity contribution < 1.29 is 19.1 Å². The van der Waals surface area contributed by atoms with E-state index in [4.69, 9.17) is 4.74 Å². The highest BCUT2D eigenvalue weighted by Gasteiger charge is 2.68. The molecule has 0 bridgehead atoms.